The number of nitrogens with one attached hydrogen (secondary N) is 1. The van der Waals surface area contributed by atoms with Gasteiger partial charge in [-0.2, -0.15) is 0 Å². The maximum atomic E-state index is 11.8. The van der Waals surface area contributed by atoms with Crippen molar-refractivity contribution in [3.63, 3.8) is 0 Å². The Hall–Kier alpha value is -1.95. The quantitative estimate of drug-likeness (QED) is 0.711. The highest BCUT2D eigenvalue weighted by atomic mass is 16.4. The Morgan fingerprint density at radius 3 is 2.68 bits per heavy atom. The summed E-state index contributed by atoms with van der Waals surface area (Å²) in [7, 11) is 0. The molecule has 3 N–H and O–H groups in total. The molecule has 1 heterocycles. The van der Waals surface area contributed by atoms with Crippen LogP contribution in [-0.4, -0.2) is 39.7 Å². The molecule has 1 atom stereocenters. The molecule has 0 bridgehead atoms. The van der Waals surface area contributed by atoms with Crippen LogP contribution >= 0.6 is 0 Å². The van der Waals surface area contributed by atoms with Crippen LogP contribution in [0.3, 0.4) is 0 Å². The SMILES string of the molecule is CC(C)CC(O)CNC(=O)c1ncccc1C(=O)O. The van der Waals surface area contributed by atoms with Crippen molar-refractivity contribution in [1.82, 2.24) is 10.3 Å². The summed E-state index contributed by atoms with van der Waals surface area (Å²) < 4.78 is 0. The Morgan fingerprint density at radius 2 is 2.11 bits per heavy atom. The number of aromatic nitrogens is 1. The van der Waals surface area contributed by atoms with Crippen LogP contribution in [0.5, 0.6) is 0 Å². The van der Waals surface area contributed by atoms with Gasteiger partial charge < -0.3 is 15.5 Å². The molecule has 0 aliphatic heterocycles. The number of pyridine rings is 1. The molecule has 104 valence electrons. The molecule has 0 aromatic carbocycles. The second-order valence-electron chi connectivity index (χ2n) is 4.70. The first-order valence-electron chi connectivity index (χ1n) is 6.06. The van der Waals surface area contributed by atoms with Gasteiger partial charge in [0.15, 0.2) is 0 Å². The molecule has 6 nitrogen and oxygen atoms in total. The van der Waals surface area contributed by atoms with Crippen LogP contribution in [0.4, 0.5) is 0 Å². The number of aromatic carboxylic acids is 1. The number of nitrogens with zero attached hydrogens (tertiary/aromatic N) is 1. The molecule has 0 fully saturated rings. The van der Waals surface area contributed by atoms with E-state index in [1.54, 1.807) is 0 Å². The van der Waals surface area contributed by atoms with Gasteiger partial charge in [-0.3, -0.25) is 9.78 Å². The van der Waals surface area contributed by atoms with Crippen molar-refractivity contribution in [3.8, 4) is 0 Å². The first-order chi connectivity index (χ1) is 8.91. The van der Waals surface area contributed by atoms with Crippen molar-refractivity contribution < 1.29 is 19.8 Å². The first kappa shape index (κ1) is 15.1. The van der Waals surface area contributed by atoms with E-state index in [4.69, 9.17) is 5.11 Å². The molecule has 0 aliphatic carbocycles. The maximum absolute atomic E-state index is 11.8. The molecule has 19 heavy (non-hydrogen) atoms. The van der Waals surface area contributed by atoms with E-state index < -0.39 is 18.0 Å². The Labute approximate surface area is 111 Å². The van der Waals surface area contributed by atoms with E-state index in [1.807, 2.05) is 13.8 Å². The smallest absolute Gasteiger partial charge is 0.338 e. The van der Waals surface area contributed by atoms with Crippen LogP contribution in [0.1, 0.15) is 41.1 Å². The molecule has 6 heteroatoms. The number of hydrogen-bond acceptors (Lipinski definition) is 4. The minimum atomic E-state index is -1.21. The van der Waals surface area contributed by atoms with Crippen molar-refractivity contribution in [1.29, 1.82) is 0 Å². The first-order valence-corrected chi connectivity index (χ1v) is 6.06. The molecule has 0 aliphatic rings. The lowest BCUT2D eigenvalue weighted by Crippen LogP contribution is -2.34. The largest absolute Gasteiger partial charge is 0.478 e. The Balaban J connectivity index is 2.66. The summed E-state index contributed by atoms with van der Waals surface area (Å²) in [5.41, 5.74) is -0.301. The van der Waals surface area contributed by atoms with Crippen molar-refractivity contribution in [2.75, 3.05) is 6.54 Å². The Kier molecular flexibility index (Phi) is 5.44. The van der Waals surface area contributed by atoms with E-state index in [0.29, 0.717) is 12.3 Å². The number of amides is 1. The van der Waals surface area contributed by atoms with E-state index in [-0.39, 0.29) is 17.8 Å². The zero-order chi connectivity index (χ0) is 14.4. The van der Waals surface area contributed by atoms with E-state index in [1.165, 1.54) is 18.3 Å². The average molecular weight is 266 g/mol. The lowest BCUT2D eigenvalue weighted by atomic mass is 10.1. The number of aliphatic hydroxyl groups excluding tert-OH is 1. The van der Waals surface area contributed by atoms with Gasteiger partial charge >= 0.3 is 5.97 Å². The Bertz CT molecular complexity index is 460. The number of carbonyl (C=O) groups is 2. The third-order valence-electron chi connectivity index (χ3n) is 2.49. The van der Waals surface area contributed by atoms with Gasteiger partial charge in [-0.25, -0.2) is 4.79 Å². The number of carbonyl (C=O) groups excluding carboxylic acids is 1. The van der Waals surface area contributed by atoms with Gasteiger partial charge in [0.2, 0.25) is 0 Å². The number of carboxylic acid groups (broad SMARTS) is 1. The standard InChI is InChI=1S/C13H18N2O4/c1-8(2)6-9(16)7-15-12(17)11-10(13(18)19)4-3-5-14-11/h3-5,8-9,16H,6-7H2,1-2H3,(H,15,17)(H,18,19). The summed E-state index contributed by atoms with van der Waals surface area (Å²) in [5, 5.41) is 21.1. The minimum absolute atomic E-state index is 0.0760. The molecular weight excluding hydrogens is 248 g/mol. The van der Waals surface area contributed by atoms with Crippen LogP contribution in [0.15, 0.2) is 18.3 Å². The van der Waals surface area contributed by atoms with Gasteiger partial charge in [-0.05, 0) is 24.5 Å². The topological polar surface area (TPSA) is 99.5 Å². The summed E-state index contributed by atoms with van der Waals surface area (Å²) >= 11 is 0. The minimum Gasteiger partial charge on any atom is -0.478 e. The monoisotopic (exact) mass is 266 g/mol. The summed E-state index contributed by atoms with van der Waals surface area (Å²) in [6.07, 6.45) is 1.26. The molecule has 0 saturated heterocycles. The highest BCUT2D eigenvalue weighted by Crippen LogP contribution is 2.06. The van der Waals surface area contributed by atoms with Gasteiger partial charge in [0, 0.05) is 12.7 Å². The molecule has 0 spiro atoms. The third kappa shape index (κ3) is 4.67. The van der Waals surface area contributed by atoms with E-state index >= 15 is 0 Å². The molecule has 1 rings (SSSR count). The van der Waals surface area contributed by atoms with E-state index in [0.717, 1.165) is 0 Å². The predicted octanol–water partition coefficient (Wildman–Crippen LogP) is 0.917. The number of aliphatic hydroxyl groups is 1. The molecular formula is C13H18N2O4. The van der Waals surface area contributed by atoms with E-state index in [2.05, 4.69) is 10.3 Å². The molecule has 1 aromatic rings. The van der Waals surface area contributed by atoms with Gasteiger partial charge in [0.05, 0.1) is 11.7 Å². The van der Waals surface area contributed by atoms with Gasteiger partial charge in [0.1, 0.15) is 5.69 Å². The third-order valence-corrected chi connectivity index (χ3v) is 2.49. The highest BCUT2D eigenvalue weighted by molar-refractivity contribution is 6.03. The zero-order valence-electron chi connectivity index (χ0n) is 11.0. The molecule has 0 radical (unpaired) electrons. The number of rotatable bonds is 6. The molecule has 0 saturated carbocycles. The summed E-state index contributed by atoms with van der Waals surface area (Å²) in [6.45, 7) is 4.01. The summed E-state index contributed by atoms with van der Waals surface area (Å²) in [5.74, 6) is -1.49. The second-order valence-corrected chi connectivity index (χ2v) is 4.70. The van der Waals surface area contributed by atoms with Gasteiger partial charge in [-0.1, -0.05) is 13.8 Å². The lowest BCUT2D eigenvalue weighted by molar-refractivity contribution is 0.0689. The molecule has 1 unspecified atom stereocenters. The zero-order valence-corrected chi connectivity index (χ0v) is 11.0. The van der Waals surface area contributed by atoms with Crippen molar-refractivity contribution in [2.24, 2.45) is 5.92 Å². The predicted molar refractivity (Wildman–Crippen MR) is 69.0 cm³/mol. The number of hydrogen-bond donors (Lipinski definition) is 3. The number of carboxylic acids is 1. The fraction of sp³-hybridized carbons (Fsp3) is 0.462. The van der Waals surface area contributed by atoms with Gasteiger partial charge in [-0.15, -0.1) is 0 Å². The summed E-state index contributed by atoms with van der Waals surface area (Å²) in [6, 6.07) is 2.77. The normalized spacial score (nSPS) is 12.2. The van der Waals surface area contributed by atoms with E-state index in [9.17, 15) is 14.7 Å². The van der Waals surface area contributed by atoms with Crippen LogP contribution in [-0.2, 0) is 0 Å². The lowest BCUT2D eigenvalue weighted by Gasteiger charge is -2.14. The average Bonchev–Trinajstić information content (AvgIpc) is 2.35. The highest BCUT2D eigenvalue weighted by Gasteiger charge is 2.18. The van der Waals surface area contributed by atoms with Crippen LogP contribution in [0, 0.1) is 5.92 Å². The second kappa shape index (κ2) is 6.84. The van der Waals surface area contributed by atoms with Crippen molar-refractivity contribution in [3.05, 3.63) is 29.6 Å². The molecule has 1 aromatic heterocycles. The van der Waals surface area contributed by atoms with Crippen LogP contribution < -0.4 is 5.32 Å². The van der Waals surface area contributed by atoms with Crippen molar-refractivity contribution in [2.45, 2.75) is 26.4 Å². The maximum Gasteiger partial charge on any atom is 0.338 e. The molecule has 1 amide bonds. The summed E-state index contributed by atoms with van der Waals surface area (Å²) in [4.78, 5) is 26.5. The van der Waals surface area contributed by atoms with Gasteiger partial charge in [0.25, 0.3) is 5.91 Å². The fourth-order valence-corrected chi connectivity index (χ4v) is 1.68. The van der Waals surface area contributed by atoms with Crippen LogP contribution in [0.25, 0.3) is 0 Å². The van der Waals surface area contributed by atoms with Crippen LogP contribution in [0.2, 0.25) is 0 Å². The Morgan fingerprint density at radius 1 is 1.42 bits per heavy atom. The fourth-order valence-electron chi connectivity index (χ4n) is 1.68. The van der Waals surface area contributed by atoms with Crippen molar-refractivity contribution >= 4 is 11.9 Å².